The Kier molecular flexibility index (Phi) is 6.22. The molecule has 0 unspecified atom stereocenters. The molecule has 2 atom stereocenters. The summed E-state index contributed by atoms with van der Waals surface area (Å²) in [5, 5.41) is 2.77. The molecule has 138 valence electrons. The standard InChI is InChI=1S/C17H25N3O5/c1-20(2)17(22)11-7-14(23-3)15(24-4)8-12(11)19-16(21)13-6-5-10(9-18)25-13/h7-8,10,13H,5-6,9,18H2,1-4H3,(H,19,21)/t10-,13+/m1/s1. The van der Waals surface area contributed by atoms with Crippen LogP contribution in [0.2, 0.25) is 0 Å². The van der Waals surface area contributed by atoms with Crippen molar-refractivity contribution < 1.29 is 23.8 Å². The van der Waals surface area contributed by atoms with Crippen molar-refractivity contribution in [3.63, 3.8) is 0 Å². The molecule has 2 rings (SSSR count). The molecule has 2 amide bonds. The van der Waals surface area contributed by atoms with E-state index in [-0.39, 0.29) is 17.9 Å². The van der Waals surface area contributed by atoms with Crippen molar-refractivity contribution in [2.45, 2.75) is 25.0 Å². The van der Waals surface area contributed by atoms with Crippen molar-refractivity contribution in [3.05, 3.63) is 17.7 Å². The zero-order valence-corrected chi connectivity index (χ0v) is 15.0. The summed E-state index contributed by atoms with van der Waals surface area (Å²) >= 11 is 0. The fourth-order valence-electron chi connectivity index (χ4n) is 2.69. The van der Waals surface area contributed by atoms with Crippen LogP contribution in [0.4, 0.5) is 5.69 Å². The summed E-state index contributed by atoms with van der Waals surface area (Å²) in [6, 6.07) is 3.12. The maximum absolute atomic E-state index is 12.5. The first-order chi connectivity index (χ1) is 11.9. The molecule has 1 heterocycles. The number of hydrogen-bond acceptors (Lipinski definition) is 6. The number of nitrogens with one attached hydrogen (secondary N) is 1. The molecular formula is C17H25N3O5. The van der Waals surface area contributed by atoms with E-state index in [1.54, 1.807) is 26.2 Å². The van der Waals surface area contributed by atoms with E-state index in [0.29, 0.717) is 35.7 Å². The Morgan fingerprint density at radius 2 is 1.88 bits per heavy atom. The first-order valence-corrected chi connectivity index (χ1v) is 8.05. The van der Waals surface area contributed by atoms with E-state index < -0.39 is 6.10 Å². The third kappa shape index (κ3) is 4.21. The number of rotatable bonds is 6. The molecule has 1 aliphatic heterocycles. The molecule has 0 aliphatic carbocycles. The summed E-state index contributed by atoms with van der Waals surface area (Å²) in [4.78, 5) is 26.4. The molecule has 1 aromatic rings. The van der Waals surface area contributed by atoms with Gasteiger partial charge >= 0.3 is 0 Å². The topological polar surface area (TPSA) is 103 Å². The van der Waals surface area contributed by atoms with E-state index in [1.807, 2.05) is 0 Å². The van der Waals surface area contributed by atoms with Crippen LogP contribution in [0.25, 0.3) is 0 Å². The zero-order valence-electron chi connectivity index (χ0n) is 15.0. The van der Waals surface area contributed by atoms with Gasteiger partial charge in [-0.1, -0.05) is 0 Å². The number of methoxy groups -OCH3 is 2. The minimum absolute atomic E-state index is 0.107. The van der Waals surface area contributed by atoms with E-state index in [0.717, 1.165) is 6.42 Å². The number of hydrogen-bond donors (Lipinski definition) is 2. The van der Waals surface area contributed by atoms with Gasteiger partial charge in [-0.05, 0) is 18.9 Å². The Hall–Kier alpha value is -2.32. The highest BCUT2D eigenvalue weighted by Gasteiger charge is 2.31. The Balaban J connectivity index is 2.31. The molecule has 0 aromatic heterocycles. The van der Waals surface area contributed by atoms with Crippen molar-refractivity contribution in [2.24, 2.45) is 5.73 Å². The van der Waals surface area contributed by atoms with E-state index >= 15 is 0 Å². The highest BCUT2D eigenvalue weighted by atomic mass is 16.5. The number of nitrogens with zero attached hydrogens (tertiary/aromatic N) is 1. The van der Waals surface area contributed by atoms with Crippen LogP contribution in [-0.4, -0.2) is 63.8 Å². The van der Waals surface area contributed by atoms with E-state index in [9.17, 15) is 9.59 Å². The van der Waals surface area contributed by atoms with Crippen LogP contribution >= 0.6 is 0 Å². The Morgan fingerprint density at radius 3 is 2.40 bits per heavy atom. The van der Waals surface area contributed by atoms with Gasteiger partial charge in [0.05, 0.1) is 31.6 Å². The van der Waals surface area contributed by atoms with Crippen LogP contribution < -0.4 is 20.5 Å². The van der Waals surface area contributed by atoms with Crippen molar-refractivity contribution in [3.8, 4) is 11.5 Å². The van der Waals surface area contributed by atoms with Gasteiger partial charge in [-0.3, -0.25) is 9.59 Å². The molecular weight excluding hydrogens is 326 g/mol. The SMILES string of the molecule is COc1cc(NC(=O)[C@@H]2CC[C@H](CN)O2)c(C(=O)N(C)C)cc1OC. The quantitative estimate of drug-likeness (QED) is 0.788. The Morgan fingerprint density at radius 1 is 1.24 bits per heavy atom. The van der Waals surface area contributed by atoms with Crippen LogP contribution in [0.5, 0.6) is 11.5 Å². The molecule has 8 nitrogen and oxygen atoms in total. The smallest absolute Gasteiger partial charge is 0.255 e. The van der Waals surface area contributed by atoms with E-state index in [2.05, 4.69) is 5.32 Å². The maximum Gasteiger partial charge on any atom is 0.255 e. The fourth-order valence-corrected chi connectivity index (χ4v) is 2.69. The fraction of sp³-hybridized carbons (Fsp3) is 0.529. The lowest BCUT2D eigenvalue weighted by atomic mass is 10.1. The van der Waals surface area contributed by atoms with Gasteiger partial charge in [-0.2, -0.15) is 0 Å². The summed E-state index contributed by atoms with van der Waals surface area (Å²) in [6.45, 7) is 0.379. The molecule has 1 saturated heterocycles. The summed E-state index contributed by atoms with van der Waals surface area (Å²) < 4.78 is 16.1. The molecule has 8 heteroatoms. The van der Waals surface area contributed by atoms with Gasteiger partial charge in [-0.25, -0.2) is 0 Å². The van der Waals surface area contributed by atoms with Gasteiger partial charge in [0.25, 0.3) is 11.8 Å². The first kappa shape index (κ1) is 19.0. The van der Waals surface area contributed by atoms with E-state index in [4.69, 9.17) is 19.9 Å². The number of anilines is 1. The Labute approximate surface area is 147 Å². The zero-order chi connectivity index (χ0) is 18.6. The summed E-state index contributed by atoms with van der Waals surface area (Å²) in [6.07, 6.45) is 0.648. The molecule has 1 fully saturated rings. The number of nitrogens with two attached hydrogens (primary N) is 1. The summed E-state index contributed by atoms with van der Waals surface area (Å²) in [5.41, 5.74) is 6.24. The minimum Gasteiger partial charge on any atom is -0.493 e. The molecule has 3 N–H and O–H groups in total. The number of ether oxygens (including phenoxy) is 3. The third-order valence-electron chi connectivity index (χ3n) is 4.08. The summed E-state index contributed by atoms with van der Waals surface area (Å²) in [5.74, 6) is 0.255. The van der Waals surface area contributed by atoms with Gasteiger partial charge in [0.2, 0.25) is 0 Å². The average molecular weight is 351 g/mol. The highest BCUT2D eigenvalue weighted by molar-refractivity contribution is 6.05. The number of amides is 2. The second kappa shape index (κ2) is 8.17. The van der Waals surface area contributed by atoms with Crippen molar-refractivity contribution >= 4 is 17.5 Å². The average Bonchev–Trinajstić information content (AvgIpc) is 3.09. The first-order valence-electron chi connectivity index (χ1n) is 8.05. The minimum atomic E-state index is -0.580. The van der Waals surface area contributed by atoms with Gasteiger partial charge in [0.15, 0.2) is 11.5 Å². The van der Waals surface area contributed by atoms with Gasteiger partial charge in [0, 0.05) is 26.7 Å². The lowest BCUT2D eigenvalue weighted by molar-refractivity contribution is -0.126. The van der Waals surface area contributed by atoms with Crippen LogP contribution in [0, 0.1) is 0 Å². The maximum atomic E-state index is 12.5. The summed E-state index contributed by atoms with van der Waals surface area (Å²) in [7, 11) is 6.25. The van der Waals surface area contributed by atoms with Crippen LogP contribution in [0.1, 0.15) is 23.2 Å². The van der Waals surface area contributed by atoms with Gasteiger partial charge < -0.3 is 30.2 Å². The van der Waals surface area contributed by atoms with Gasteiger partial charge in [0.1, 0.15) is 6.10 Å². The van der Waals surface area contributed by atoms with Crippen LogP contribution in [-0.2, 0) is 9.53 Å². The van der Waals surface area contributed by atoms with Crippen LogP contribution in [0.15, 0.2) is 12.1 Å². The molecule has 1 aliphatic rings. The highest BCUT2D eigenvalue weighted by Crippen LogP contribution is 2.34. The molecule has 25 heavy (non-hydrogen) atoms. The van der Waals surface area contributed by atoms with Gasteiger partial charge in [-0.15, -0.1) is 0 Å². The predicted octanol–water partition coefficient (Wildman–Crippen LogP) is 0.850. The van der Waals surface area contributed by atoms with Crippen molar-refractivity contribution in [2.75, 3.05) is 40.2 Å². The monoisotopic (exact) mass is 351 g/mol. The molecule has 0 bridgehead atoms. The molecule has 1 aromatic carbocycles. The van der Waals surface area contributed by atoms with Crippen LogP contribution in [0.3, 0.4) is 0 Å². The number of benzene rings is 1. The lowest BCUT2D eigenvalue weighted by Gasteiger charge is -2.19. The number of carbonyl (C=O) groups excluding carboxylic acids is 2. The third-order valence-corrected chi connectivity index (χ3v) is 4.08. The second-order valence-corrected chi connectivity index (χ2v) is 6.00. The molecule has 0 spiro atoms. The number of carbonyl (C=O) groups is 2. The molecule has 0 saturated carbocycles. The Bertz CT molecular complexity index is 647. The largest absolute Gasteiger partial charge is 0.493 e. The van der Waals surface area contributed by atoms with Crippen molar-refractivity contribution in [1.29, 1.82) is 0 Å². The lowest BCUT2D eigenvalue weighted by Crippen LogP contribution is -2.31. The van der Waals surface area contributed by atoms with Crippen molar-refractivity contribution in [1.82, 2.24) is 4.90 Å². The van der Waals surface area contributed by atoms with E-state index in [1.165, 1.54) is 19.1 Å². The normalized spacial score (nSPS) is 19.4. The second-order valence-electron chi connectivity index (χ2n) is 6.00. The predicted molar refractivity (Wildman–Crippen MR) is 93.1 cm³/mol. The molecule has 0 radical (unpaired) electrons.